The molecule has 1 unspecified atom stereocenters. The fourth-order valence-electron chi connectivity index (χ4n) is 2.03. The Bertz CT molecular complexity index is 570. The molecule has 0 bridgehead atoms. The van der Waals surface area contributed by atoms with E-state index in [-0.39, 0.29) is 11.5 Å². The second kappa shape index (κ2) is 6.92. The maximum absolute atomic E-state index is 5.74. The van der Waals surface area contributed by atoms with Crippen LogP contribution in [0.5, 0.6) is 0 Å². The van der Waals surface area contributed by atoms with Crippen LogP contribution in [0.4, 0.5) is 0 Å². The van der Waals surface area contributed by atoms with Crippen LogP contribution in [-0.2, 0) is 11.8 Å². The van der Waals surface area contributed by atoms with Gasteiger partial charge >= 0.3 is 0 Å². The van der Waals surface area contributed by atoms with Gasteiger partial charge in [0, 0.05) is 22.1 Å². The fraction of sp³-hybridized carbons (Fsp3) is 0.438. The Morgan fingerprint density at radius 2 is 1.95 bits per heavy atom. The number of nitrogens with one attached hydrogen (secondary N) is 1. The molecule has 0 fully saturated rings. The maximum atomic E-state index is 5.74. The molecule has 0 saturated carbocycles. The molecule has 0 aliphatic heterocycles. The van der Waals surface area contributed by atoms with Crippen molar-refractivity contribution in [1.29, 1.82) is 0 Å². The van der Waals surface area contributed by atoms with Crippen LogP contribution < -0.4 is 11.3 Å². The van der Waals surface area contributed by atoms with Crippen molar-refractivity contribution >= 4 is 23.1 Å². The molecule has 1 aromatic heterocycles. The highest BCUT2D eigenvalue weighted by Crippen LogP contribution is 2.27. The number of aromatic nitrogens is 1. The molecule has 114 valence electrons. The van der Waals surface area contributed by atoms with Gasteiger partial charge in [0.2, 0.25) is 0 Å². The predicted molar refractivity (Wildman–Crippen MR) is 92.8 cm³/mol. The van der Waals surface area contributed by atoms with E-state index in [0.29, 0.717) is 0 Å². The third-order valence-electron chi connectivity index (χ3n) is 3.42. The molecule has 0 saturated heterocycles. The fourth-order valence-corrected chi connectivity index (χ4v) is 3.51. The zero-order valence-electron chi connectivity index (χ0n) is 13.0. The number of thiazole rings is 1. The quantitative estimate of drug-likeness (QED) is 0.498. The predicted octanol–water partition coefficient (Wildman–Crippen LogP) is 3.91. The summed E-state index contributed by atoms with van der Waals surface area (Å²) in [7, 11) is 0. The van der Waals surface area contributed by atoms with Crippen molar-refractivity contribution in [2.24, 2.45) is 5.84 Å². The maximum Gasteiger partial charge on any atom is 0.0948 e. The van der Waals surface area contributed by atoms with E-state index in [4.69, 9.17) is 10.8 Å². The lowest BCUT2D eigenvalue weighted by atomic mass is 9.93. The van der Waals surface area contributed by atoms with Gasteiger partial charge in [-0.1, -0.05) is 32.9 Å². The topological polar surface area (TPSA) is 50.9 Å². The highest BCUT2D eigenvalue weighted by Gasteiger charge is 2.19. The standard InChI is InChI=1S/C16H23N3S2/c1-16(2,3)14-10-21-15(18-14)9-13(19-17)11-5-7-12(20-4)8-6-11/h5-8,10,13,19H,9,17H2,1-4H3. The molecule has 1 heterocycles. The average Bonchev–Trinajstić information content (AvgIpc) is 2.93. The minimum Gasteiger partial charge on any atom is -0.271 e. The average molecular weight is 322 g/mol. The van der Waals surface area contributed by atoms with Gasteiger partial charge in [-0.15, -0.1) is 23.1 Å². The summed E-state index contributed by atoms with van der Waals surface area (Å²) in [6, 6.07) is 8.63. The molecular weight excluding hydrogens is 298 g/mol. The summed E-state index contributed by atoms with van der Waals surface area (Å²) in [4.78, 5) is 6.01. The zero-order valence-corrected chi connectivity index (χ0v) is 14.6. The number of thioether (sulfide) groups is 1. The summed E-state index contributed by atoms with van der Waals surface area (Å²) in [5, 5.41) is 3.27. The lowest BCUT2D eigenvalue weighted by Crippen LogP contribution is -2.29. The summed E-state index contributed by atoms with van der Waals surface area (Å²) < 4.78 is 0. The monoisotopic (exact) mass is 321 g/mol. The molecule has 0 aliphatic rings. The molecular formula is C16H23N3S2. The molecule has 1 aromatic carbocycles. The number of benzene rings is 1. The third kappa shape index (κ3) is 4.30. The van der Waals surface area contributed by atoms with Gasteiger partial charge in [0.1, 0.15) is 0 Å². The number of hydrazine groups is 1. The second-order valence-electron chi connectivity index (χ2n) is 6.07. The molecule has 3 nitrogen and oxygen atoms in total. The molecule has 0 spiro atoms. The van der Waals surface area contributed by atoms with E-state index in [1.165, 1.54) is 10.5 Å². The van der Waals surface area contributed by atoms with Gasteiger partial charge in [-0.2, -0.15) is 0 Å². The first kappa shape index (κ1) is 16.5. The van der Waals surface area contributed by atoms with E-state index < -0.39 is 0 Å². The Balaban J connectivity index is 2.13. The van der Waals surface area contributed by atoms with E-state index in [2.05, 4.69) is 62.1 Å². The van der Waals surface area contributed by atoms with Crippen LogP contribution in [0.3, 0.4) is 0 Å². The number of hydrogen-bond acceptors (Lipinski definition) is 5. The van der Waals surface area contributed by atoms with E-state index in [1.807, 2.05) is 0 Å². The lowest BCUT2D eigenvalue weighted by molar-refractivity contribution is 0.541. The Kier molecular flexibility index (Phi) is 5.43. The lowest BCUT2D eigenvalue weighted by Gasteiger charge is -2.16. The first-order valence-electron chi connectivity index (χ1n) is 6.99. The Morgan fingerprint density at radius 1 is 1.29 bits per heavy atom. The van der Waals surface area contributed by atoms with Gasteiger partial charge in [-0.05, 0) is 24.0 Å². The summed E-state index contributed by atoms with van der Waals surface area (Å²) in [6.07, 6.45) is 2.90. The largest absolute Gasteiger partial charge is 0.271 e. The Morgan fingerprint density at radius 3 is 2.43 bits per heavy atom. The number of hydrogen-bond donors (Lipinski definition) is 2. The summed E-state index contributed by atoms with van der Waals surface area (Å²) in [5.74, 6) is 5.74. The molecule has 0 aliphatic carbocycles. The first-order chi connectivity index (χ1) is 9.94. The summed E-state index contributed by atoms with van der Waals surface area (Å²) >= 11 is 3.46. The van der Waals surface area contributed by atoms with Gasteiger partial charge in [0.25, 0.3) is 0 Å². The summed E-state index contributed by atoms with van der Waals surface area (Å²) in [5.41, 5.74) is 5.36. The smallest absolute Gasteiger partial charge is 0.0948 e. The van der Waals surface area contributed by atoms with Gasteiger partial charge in [-0.3, -0.25) is 11.3 Å². The molecule has 2 aromatic rings. The highest BCUT2D eigenvalue weighted by molar-refractivity contribution is 7.98. The van der Waals surface area contributed by atoms with Gasteiger partial charge in [-0.25, -0.2) is 4.98 Å². The SMILES string of the molecule is CSc1ccc(C(Cc2nc(C(C)(C)C)cs2)NN)cc1. The molecule has 0 radical (unpaired) electrons. The van der Waals surface area contributed by atoms with Gasteiger partial charge in [0.15, 0.2) is 0 Å². The Hall–Kier alpha value is -0.880. The second-order valence-corrected chi connectivity index (χ2v) is 7.90. The van der Waals surface area contributed by atoms with E-state index >= 15 is 0 Å². The third-order valence-corrected chi connectivity index (χ3v) is 5.03. The molecule has 5 heteroatoms. The van der Waals surface area contributed by atoms with Crippen LogP contribution in [0.2, 0.25) is 0 Å². The van der Waals surface area contributed by atoms with Crippen LogP contribution in [0.15, 0.2) is 34.5 Å². The van der Waals surface area contributed by atoms with Crippen LogP contribution >= 0.6 is 23.1 Å². The molecule has 1 atom stereocenters. The van der Waals surface area contributed by atoms with Crippen LogP contribution in [-0.4, -0.2) is 11.2 Å². The molecule has 21 heavy (non-hydrogen) atoms. The zero-order chi connectivity index (χ0) is 15.5. The number of rotatable bonds is 5. The minimum absolute atomic E-state index is 0.0971. The number of nitrogens with two attached hydrogens (primary N) is 1. The molecule has 0 amide bonds. The first-order valence-corrected chi connectivity index (χ1v) is 9.09. The van der Waals surface area contributed by atoms with E-state index in [0.717, 1.165) is 17.1 Å². The van der Waals surface area contributed by atoms with Crippen LogP contribution in [0, 0.1) is 0 Å². The van der Waals surface area contributed by atoms with Crippen molar-refractivity contribution in [2.45, 2.75) is 43.5 Å². The van der Waals surface area contributed by atoms with E-state index in [9.17, 15) is 0 Å². The minimum atomic E-state index is 0.0971. The van der Waals surface area contributed by atoms with Crippen molar-refractivity contribution in [3.8, 4) is 0 Å². The Labute approximate surface area is 135 Å². The van der Waals surface area contributed by atoms with Crippen molar-refractivity contribution in [1.82, 2.24) is 10.4 Å². The van der Waals surface area contributed by atoms with Gasteiger partial charge in [0.05, 0.1) is 16.7 Å². The normalized spacial score (nSPS) is 13.4. The van der Waals surface area contributed by atoms with Crippen molar-refractivity contribution in [2.75, 3.05) is 6.26 Å². The van der Waals surface area contributed by atoms with Crippen molar-refractivity contribution in [3.05, 3.63) is 45.9 Å². The van der Waals surface area contributed by atoms with Gasteiger partial charge < -0.3 is 0 Å². The summed E-state index contributed by atoms with van der Waals surface area (Å²) in [6.45, 7) is 6.56. The van der Waals surface area contributed by atoms with Crippen molar-refractivity contribution in [3.63, 3.8) is 0 Å². The van der Waals surface area contributed by atoms with E-state index in [1.54, 1.807) is 23.1 Å². The highest BCUT2D eigenvalue weighted by atomic mass is 32.2. The molecule has 2 rings (SSSR count). The van der Waals surface area contributed by atoms with Crippen LogP contribution in [0.1, 0.15) is 43.1 Å². The van der Waals surface area contributed by atoms with Crippen LogP contribution in [0.25, 0.3) is 0 Å². The number of nitrogens with zero attached hydrogens (tertiary/aromatic N) is 1. The van der Waals surface area contributed by atoms with Crippen molar-refractivity contribution < 1.29 is 0 Å². The molecule has 3 N–H and O–H groups in total.